The Morgan fingerprint density at radius 3 is 1.97 bits per heavy atom. The maximum absolute atomic E-state index is 13.2. The molecule has 2 fully saturated rings. The summed E-state index contributed by atoms with van der Waals surface area (Å²) in [4.78, 5) is 62.8. The molecule has 1 aromatic heterocycles. The highest BCUT2D eigenvalue weighted by Gasteiger charge is 2.53. The second-order valence-electron chi connectivity index (χ2n) is 15.8. The van der Waals surface area contributed by atoms with Crippen molar-refractivity contribution in [3.63, 3.8) is 0 Å². The largest absolute Gasteiger partial charge is 0.478 e. The van der Waals surface area contributed by atoms with E-state index in [2.05, 4.69) is 15.2 Å². The van der Waals surface area contributed by atoms with E-state index in [0.29, 0.717) is 34.3 Å². The monoisotopic (exact) mass is 886 g/mol. The van der Waals surface area contributed by atoms with Crippen molar-refractivity contribution in [3.8, 4) is 22.3 Å². The molecule has 64 heavy (non-hydrogen) atoms. The summed E-state index contributed by atoms with van der Waals surface area (Å²) < 4.78 is 68.8. The van der Waals surface area contributed by atoms with Crippen LogP contribution in [0.2, 0.25) is 0 Å². The lowest BCUT2D eigenvalue weighted by Gasteiger charge is -2.44. The molecule has 7 rings (SSSR count). The lowest BCUT2D eigenvalue weighted by molar-refractivity contribution is -0.270. The predicted octanol–water partition coefficient (Wildman–Crippen LogP) is 7.12. The topological polar surface area (TPSA) is 186 Å². The van der Waals surface area contributed by atoms with Crippen molar-refractivity contribution in [2.24, 2.45) is 0 Å². The molecule has 4 aromatic carbocycles. The number of aromatic nitrogens is 3. The van der Waals surface area contributed by atoms with Gasteiger partial charge in [-0.3, -0.25) is 24.1 Å². The summed E-state index contributed by atoms with van der Waals surface area (Å²) in [7, 11) is 0. The number of piperidine rings is 1. The Balaban J connectivity index is 1.04. The van der Waals surface area contributed by atoms with Crippen LogP contribution >= 0.6 is 0 Å². The van der Waals surface area contributed by atoms with Gasteiger partial charge in [0.05, 0.1) is 23.0 Å². The molecule has 2 aliphatic rings. The van der Waals surface area contributed by atoms with Gasteiger partial charge in [-0.05, 0) is 101 Å². The molecule has 5 aromatic rings. The van der Waals surface area contributed by atoms with Crippen molar-refractivity contribution in [2.75, 3.05) is 19.7 Å². The van der Waals surface area contributed by atoms with Crippen LogP contribution in [0.15, 0.2) is 85.1 Å². The van der Waals surface area contributed by atoms with Crippen LogP contribution in [-0.2, 0) is 55.6 Å². The number of hydrogen-bond donors (Lipinski definition) is 1. The minimum absolute atomic E-state index is 0.0848. The van der Waals surface area contributed by atoms with Gasteiger partial charge in [-0.1, -0.05) is 53.7 Å². The first-order valence-electron chi connectivity index (χ1n) is 20.5. The van der Waals surface area contributed by atoms with Gasteiger partial charge in [-0.15, -0.1) is 5.10 Å². The highest BCUT2D eigenvalue weighted by molar-refractivity contribution is 6.04. The highest BCUT2D eigenvalue weighted by atomic mass is 19.4. The number of carbonyl (C=O) groups excluding carboxylic acids is 4. The van der Waals surface area contributed by atoms with Gasteiger partial charge >= 0.3 is 36.0 Å². The van der Waals surface area contributed by atoms with Gasteiger partial charge in [0, 0.05) is 34.2 Å². The van der Waals surface area contributed by atoms with E-state index in [-0.39, 0.29) is 18.1 Å². The third-order valence-electron chi connectivity index (χ3n) is 11.2. The lowest BCUT2D eigenvalue weighted by Crippen LogP contribution is -2.60. The van der Waals surface area contributed by atoms with E-state index < -0.39 is 72.2 Å². The molecule has 0 radical (unpaired) electrons. The quantitative estimate of drug-likeness (QED) is 0.0986. The molecular weight excluding hydrogens is 842 g/mol. The predicted molar refractivity (Wildman–Crippen MR) is 221 cm³/mol. The standard InChI is InChI=1S/C46H45F3N4O11/c1-25(54)60-24-40-41(61-26(2)55)42(62-27(3)56)43(63-28(4)57)44(64-40)53-23-37(50-51-53)22-52-17-15-31(16-18-52)29-5-7-32(8-6-29)39-21-35(45(58)59)20-34-19-33(11-14-38(34)39)30-9-12-36(13-10-30)46(47,48)49/h5-14,19-21,23,31,40-44H,15-18,22,24H2,1-4H3,(H,58,59). The van der Waals surface area contributed by atoms with E-state index in [1.165, 1.54) is 23.7 Å². The molecule has 3 heterocycles. The Hall–Kier alpha value is -6.66. The number of halogens is 3. The molecule has 0 amide bonds. The number of esters is 4. The van der Waals surface area contributed by atoms with Crippen LogP contribution in [0, 0.1) is 0 Å². The van der Waals surface area contributed by atoms with Gasteiger partial charge in [0.15, 0.2) is 24.5 Å². The van der Waals surface area contributed by atoms with Crippen molar-refractivity contribution in [1.29, 1.82) is 0 Å². The van der Waals surface area contributed by atoms with Gasteiger partial charge < -0.3 is 28.8 Å². The second-order valence-corrected chi connectivity index (χ2v) is 15.8. The first-order valence-corrected chi connectivity index (χ1v) is 20.5. The molecule has 1 N–H and O–H groups in total. The number of carboxylic acid groups (broad SMARTS) is 1. The van der Waals surface area contributed by atoms with Crippen molar-refractivity contribution < 1.29 is 65.9 Å². The molecule has 336 valence electrons. The zero-order valence-corrected chi connectivity index (χ0v) is 35.2. The Morgan fingerprint density at radius 1 is 0.750 bits per heavy atom. The van der Waals surface area contributed by atoms with Crippen LogP contribution < -0.4 is 0 Å². The minimum Gasteiger partial charge on any atom is -0.478 e. The number of aromatic carboxylic acids is 1. The SMILES string of the molecule is CC(=O)OCC1OC(n2cc(CN3CCC(c4ccc(-c5cc(C(=O)O)cc6cc(-c7ccc(C(F)(F)F)cc7)ccc56)cc4)CC3)nn2)C(OC(C)=O)C(OC(C)=O)C1OC(C)=O. The maximum atomic E-state index is 13.2. The van der Waals surface area contributed by atoms with Crippen molar-refractivity contribution >= 4 is 40.6 Å². The van der Waals surface area contributed by atoms with Crippen LogP contribution in [0.4, 0.5) is 13.2 Å². The van der Waals surface area contributed by atoms with Crippen LogP contribution in [-0.4, -0.2) is 99.0 Å². The van der Waals surface area contributed by atoms with Gasteiger partial charge in [0.2, 0.25) is 0 Å². The number of carboxylic acids is 1. The first kappa shape index (κ1) is 45.4. The summed E-state index contributed by atoms with van der Waals surface area (Å²) in [5, 5.41) is 20.0. The fourth-order valence-corrected chi connectivity index (χ4v) is 8.28. The molecule has 5 atom stereocenters. The summed E-state index contributed by atoms with van der Waals surface area (Å²) in [5.41, 5.74) is 3.79. The minimum atomic E-state index is -4.46. The number of ether oxygens (including phenoxy) is 5. The normalized spacial score (nSPS) is 20.6. The zero-order valence-electron chi connectivity index (χ0n) is 35.2. The second kappa shape index (κ2) is 19.0. The van der Waals surface area contributed by atoms with Crippen LogP contribution in [0.5, 0.6) is 0 Å². The number of hydrogen-bond acceptors (Lipinski definition) is 13. The molecule has 0 aliphatic carbocycles. The molecule has 0 saturated carbocycles. The van der Waals surface area contributed by atoms with Gasteiger partial charge in [-0.25, -0.2) is 9.48 Å². The average molecular weight is 887 g/mol. The number of benzene rings is 4. The molecule has 18 heteroatoms. The average Bonchev–Trinajstić information content (AvgIpc) is 3.71. The third-order valence-corrected chi connectivity index (χ3v) is 11.2. The van der Waals surface area contributed by atoms with Gasteiger partial charge in [0.1, 0.15) is 12.7 Å². The maximum Gasteiger partial charge on any atom is 0.416 e. The molecule has 2 saturated heterocycles. The number of rotatable bonds is 12. The smallest absolute Gasteiger partial charge is 0.416 e. The third kappa shape index (κ3) is 10.6. The summed E-state index contributed by atoms with van der Waals surface area (Å²) in [6.07, 6.45) is -7.52. The number of nitrogens with zero attached hydrogens (tertiary/aromatic N) is 4. The van der Waals surface area contributed by atoms with Crippen LogP contribution in [0.3, 0.4) is 0 Å². The van der Waals surface area contributed by atoms with Gasteiger partial charge in [0.25, 0.3) is 0 Å². The van der Waals surface area contributed by atoms with E-state index in [4.69, 9.17) is 23.7 Å². The summed E-state index contributed by atoms with van der Waals surface area (Å²) in [5.74, 6) is -3.71. The van der Waals surface area contributed by atoms with Crippen LogP contribution in [0.25, 0.3) is 33.0 Å². The fourth-order valence-electron chi connectivity index (χ4n) is 8.28. The summed E-state index contributed by atoms with van der Waals surface area (Å²) in [6, 6.07) is 21.5. The Bertz CT molecular complexity index is 2540. The fraction of sp³-hybridized carbons (Fsp3) is 0.370. The number of likely N-dealkylation sites (tertiary alicyclic amines) is 1. The lowest BCUT2D eigenvalue weighted by atomic mass is 9.87. The molecule has 2 aliphatic heterocycles. The van der Waals surface area contributed by atoms with E-state index in [1.54, 1.807) is 24.4 Å². The zero-order chi connectivity index (χ0) is 45.9. The van der Waals surface area contributed by atoms with Crippen molar-refractivity contribution in [1.82, 2.24) is 19.9 Å². The highest BCUT2D eigenvalue weighted by Crippen LogP contribution is 2.38. The molecule has 5 unspecified atom stereocenters. The molecule has 15 nitrogen and oxygen atoms in total. The van der Waals surface area contributed by atoms with E-state index in [9.17, 15) is 42.3 Å². The van der Waals surface area contributed by atoms with Crippen molar-refractivity contribution in [3.05, 3.63) is 107 Å². The molecule has 0 bridgehead atoms. The van der Waals surface area contributed by atoms with E-state index in [1.807, 2.05) is 36.4 Å². The molecule has 0 spiro atoms. The number of fused-ring (bicyclic) bond motifs is 1. The van der Waals surface area contributed by atoms with Gasteiger partial charge in [-0.2, -0.15) is 13.2 Å². The Morgan fingerprint density at radius 2 is 1.36 bits per heavy atom. The Kier molecular flexibility index (Phi) is 13.5. The molecular formula is C46H45F3N4O11. The summed E-state index contributed by atoms with van der Waals surface area (Å²) in [6.45, 7) is 6.14. The first-order chi connectivity index (χ1) is 30.4. The van der Waals surface area contributed by atoms with Crippen molar-refractivity contribution in [2.45, 2.75) is 89.8 Å². The van der Waals surface area contributed by atoms with E-state index in [0.717, 1.165) is 75.3 Å². The number of alkyl halides is 3. The summed E-state index contributed by atoms with van der Waals surface area (Å²) >= 11 is 0. The number of carbonyl (C=O) groups is 5. The van der Waals surface area contributed by atoms with E-state index >= 15 is 0 Å². The van der Waals surface area contributed by atoms with Crippen LogP contribution in [0.1, 0.15) is 79.9 Å². The Labute approximate surface area is 365 Å².